The average Bonchev–Trinajstić information content (AvgIpc) is 2.90. The van der Waals surface area contributed by atoms with Crippen molar-refractivity contribution in [2.45, 2.75) is 50.8 Å². The van der Waals surface area contributed by atoms with Gasteiger partial charge in [0.25, 0.3) is 0 Å². The first kappa shape index (κ1) is 12.7. The van der Waals surface area contributed by atoms with Crippen molar-refractivity contribution in [2.24, 2.45) is 0 Å². The van der Waals surface area contributed by atoms with Crippen LogP contribution in [0.15, 0.2) is 12.4 Å². The lowest BCUT2D eigenvalue weighted by atomic mass is 9.98. The van der Waals surface area contributed by atoms with Crippen molar-refractivity contribution in [3.63, 3.8) is 0 Å². The van der Waals surface area contributed by atoms with Crippen molar-refractivity contribution < 1.29 is 4.79 Å². The number of hydrogen-bond donors (Lipinski definition) is 0. The number of ketones is 1. The number of imidazole rings is 1. The van der Waals surface area contributed by atoms with Gasteiger partial charge in [0, 0.05) is 18.9 Å². The monoisotopic (exact) mass is 252 g/mol. The highest BCUT2D eigenvalue weighted by atomic mass is 32.2. The van der Waals surface area contributed by atoms with Gasteiger partial charge in [-0.05, 0) is 31.9 Å². The predicted octanol–water partition coefficient (Wildman–Crippen LogP) is 2.69. The summed E-state index contributed by atoms with van der Waals surface area (Å²) in [5.74, 6) is 2.38. The minimum Gasteiger partial charge on any atom is -0.335 e. The van der Waals surface area contributed by atoms with Gasteiger partial charge in [-0.3, -0.25) is 4.79 Å². The molecule has 3 nitrogen and oxygen atoms in total. The average molecular weight is 252 g/mol. The van der Waals surface area contributed by atoms with Gasteiger partial charge in [-0.2, -0.15) is 0 Å². The summed E-state index contributed by atoms with van der Waals surface area (Å²) >= 11 is 1.81. The summed E-state index contributed by atoms with van der Waals surface area (Å²) in [6.45, 7) is 5.17. The molecule has 0 aromatic carbocycles. The minimum atomic E-state index is -0.164. The van der Waals surface area contributed by atoms with E-state index < -0.39 is 0 Å². The fourth-order valence-electron chi connectivity index (χ4n) is 2.28. The van der Waals surface area contributed by atoms with Crippen LogP contribution in [0.4, 0.5) is 0 Å². The van der Waals surface area contributed by atoms with E-state index in [4.69, 9.17) is 0 Å². The second-order valence-corrected chi connectivity index (χ2v) is 6.42. The number of nitrogens with zero attached hydrogens (tertiary/aromatic N) is 2. The predicted molar refractivity (Wildman–Crippen MR) is 71.3 cm³/mol. The first-order valence-electron chi connectivity index (χ1n) is 6.33. The lowest BCUT2D eigenvalue weighted by Crippen LogP contribution is -2.31. The van der Waals surface area contributed by atoms with E-state index in [1.165, 1.54) is 0 Å². The van der Waals surface area contributed by atoms with E-state index in [1.54, 1.807) is 6.20 Å². The molecule has 17 heavy (non-hydrogen) atoms. The molecule has 0 saturated carbocycles. The summed E-state index contributed by atoms with van der Waals surface area (Å²) in [6, 6.07) is 0. The second-order valence-electron chi connectivity index (χ2n) is 4.82. The fraction of sp³-hybridized carbons (Fsp3) is 0.692. The Hall–Kier alpha value is -0.770. The molecular weight excluding hydrogens is 232 g/mol. The van der Waals surface area contributed by atoms with Gasteiger partial charge in [0.1, 0.15) is 5.82 Å². The smallest absolute Gasteiger partial charge is 0.156 e. The van der Waals surface area contributed by atoms with Gasteiger partial charge in [-0.1, -0.05) is 6.92 Å². The fourth-order valence-corrected chi connectivity index (χ4v) is 3.54. The molecule has 1 aliphatic rings. The van der Waals surface area contributed by atoms with Crippen LogP contribution in [-0.4, -0.2) is 25.8 Å². The third-order valence-electron chi connectivity index (χ3n) is 3.39. The summed E-state index contributed by atoms with van der Waals surface area (Å²) in [6.07, 6.45) is 7.50. The number of hydrogen-bond acceptors (Lipinski definition) is 3. The Labute approximate surface area is 107 Å². The Balaban J connectivity index is 2.04. The summed E-state index contributed by atoms with van der Waals surface area (Å²) < 4.78 is 1.93. The molecule has 0 radical (unpaired) electrons. The zero-order valence-electron chi connectivity index (χ0n) is 10.6. The molecule has 0 bridgehead atoms. The van der Waals surface area contributed by atoms with E-state index in [0.717, 1.165) is 37.4 Å². The van der Waals surface area contributed by atoms with Gasteiger partial charge >= 0.3 is 0 Å². The Morgan fingerprint density at radius 1 is 1.65 bits per heavy atom. The first-order chi connectivity index (χ1) is 8.15. The van der Waals surface area contributed by atoms with Gasteiger partial charge in [0.15, 0.2) is 5.78 Å². The summed E-state index contributed by atoms with van der Waals surface area (Å²) in [4.78, 5) is 16.6. The molecule has 1 atom stereocenters. The molecule has 0 amide bonds. The van der Waals surface area contributed by atoms with Crippen molar-refractivity contribution in [2.75, 3.05) is 5.75 Å². The zero-order chi connectivity index (χ0) is 12.3. The standard InChI is InChI=1S/C13H20N2OS/c1-3-7-15-8-6-14-12(15)10-11(16)13(2)5-4-9-17-13/h6,8H,3-5,7,9-10H2,1-2H3. The van der Waals surface area contributed by atoms with Crippen molar-refractivity contribution in [1.29, 1.82) is 0 Å². The maximum atomic E-state index is 12.3. The quantitative estimate of drug-likeness (QED) is 0.808. The van der Waals surface area contributed by atoms with Crippen molar-refractivity contribution in [3.8, 4) is 0 Å². The molecule has 1 aromatic heterocycles. The molecule has 2 rings (SSSR count). The molecule has 0 spiro atoms. The normalized spacial score (nSPS) is 24.1. The van der Waals surface area contributed by atoms with Crippen LogP contribution in [0.2, 0.25) is 0 Å². The first-order valence-corrected chi connectivity index (χ1v) is 7.31. The number of carbonyl (C=O) groups excluding carboxylic acids is 1. The van der Waals surface area contributed by atoms with Crippen LogP contribution >= 0.6 is 11.8 Å². The van der Waals surface area contributed by atoms with Gasteiger partial charge in [-0.25, -0.2) is 4.98 Å². The second kappa shape index (κ2) is 5.25. The minimum absolute atomic E-state index is 0.164. The molecular formula is C13H20N2OS. The number of carbonyl (C=O) groups is 1. The maximum absolute atomic E-state index is 12.3. The van der Waals surface area contributed by atoms with Gasteiger partial charge in [0.05, 0.1) is 11.2 Å². The molecule has 1 aromatic rings. The molecule has 4 heteroatoms. The molecule has 1 unspecified atom stereocenters. The molecule has 94 valence electrons. The Kier molecular flexibility index (Phi) is 3.92. The third kappa shape index (κ3) is 2.73. The summed E-state index contributed by atoms with van der Waals surface area (Å²) in [5.41, 5.74) is 0. The van der Waals surface area contributed by atoms with Gasteiger partial charge < -0.3 is 4.57 Å². The zero-order valence-corrected chi connectivity index (χ0v) is 11.4. The largest absolute Gasteiger partial charge is 0.335 e. The van der Waals surface area contributed by atoms with Crippen LogP contribution < -0.4 is 0 Å². The van der Waals surface area contributed by atoms with Crippen LogP contribution in [0.25, 0.3) is 0 Å². The van der Waals surface area contributed by atoms with Gasteiger partial charge in [0.2, 0.25) is 0 Å². The maximum Gasteiger partial charge on any atom is 0.156 e. The number of aryl methyl sites for hydroxylation is 1. The molecule has 0 N–H and O–H groups in total. The van der Waals surface area contributed by atoms with Crippen LogP contribution in [-0.2, 0) is 17.8 Å². The lowest BCUT2D eigenvalue weighted by molar-refractivity contribution is -0.120. The number of Topliss-reactive ketones (excluding diaryl/α,β-unsaturated/α-hetero) is 1. The molecule has 1 saturated heterocycles. The summed E-state index contributed by atoms with van der Waals surface area (Å²) in [7, 11) is 0. The molecule has 0 aliphatic carbocycles. The van der Waals surface area contributed by atoms with Crippen LogP contribution in [0.1, 0.15) is 38.9 Å². The van der Waals surface area contributed by atoms with E-state index in [2.05, 4.69) is 23.4 Å². The lowest BCUT2D eigenvalue weighted by Gasteiger charge is -2.20. The van der Waals surface area contributed by atoms with E-state index in [9.17, 15) is 4.79 Å². The number of thioether (sulfide) groups is 1. The highest BCUT2D eigenvalue weighted by Crippen LogP contribution is 2.39. The molecule has 1 aliphatic heterocycles. The van der Waals surface area contributed by atoms with E-state index in [-0.39, 0.29) is 4.75 Å². The van der Waals surface area contributed by atoms with Crippen molar-refractivity contribution >= 4 is 17.5 Å². The number of rotatable bonds is 5. The van der Waals surface area contributed by atoms with Crippen molar-refractivity contribution in [3.05, 3.63) is 18.2 Å². The van der Waals surface area contributed by atoms with Crippen LogP contribution in [0.3, 0.4) is 0 Å². The highest BCUT2D eigenvalue weighted by Gasteiger charge is 2.37. The van der Waals surface area contributed by atoms with Crippen molar-refractivity contribution in [1.82, 2.24) is 9.55 Å². The van der Waals surface area contributed by atoms with E-state index >= 15 is 0 Å². The number of aromatic nitrogens is 2. The SMILES string of the molecule is CCCn1ccnc1CC(=O)C1(C)CCCS1. The highest BCUT2D eigenvalue weighted by molar-refractivity contribution is 8.01. The Bertz CT molecular complexity index is 394. The summed E-state index contributed by atoms with van der Waals surface area (Å²) in [5, 5.41) is 0. The molecule has 2 heterocycles. The van der Waals surface area contributed by atoms with E-state index in [0.29, 0.717) is 12.2 Å². The van der Waals surface area contributed by atoms with Crippen LogP contribution in [0.5, 0.6) is 0 Å². The van der Waals surface area contributed by atoms with Crippen LogP contribution in [0, 0.1) is 0 Å². The Morgan fingerprint density at radius 3 is 3.12 bits per heavy atom. The topological polar surface area (TPSA) is 34.9 Å². The third-order valence-corrected chi connectivity index (χ3v) is 4.96. The van der Waals surface area contributed by atoms with Gasteiger partial charge in [-0.15, -0.1) is 11.8 Å². The van der Waals surface area contributed by atoms with E-state index in [1.807, 2.05) is 18.0 Å². The molecule has 1 fully saturated rings. The Morgan fingerprint density at radius 2 is 2.47 bits per heavy atom.